The van der Waals surface area contributed by atoms with E-state index in [4.69, 9.17) is 9.47 Å². The lowest BCUT2D eigenvalue weighted by Gasteiger charge is -2.08. The number of unbranched alkanes of at least 4 members (excludes halogenated alkanes) is 5. The van der Waals surface area contributed by atoms with E-state index in [1.165, 1.54) is 19.3 Å². The number of esters is 2. The van der Waals surface area contributed by atoms with Gasteiger partial charge in [-0.2, -0.15) is 10.2 Å². The van der Waals surface area contributed by atoms with Crippen molar-refractivity contribution >= 4 is 36.0 Å². The zero-order chi connectivity index (χ0) is 30.0. The number of anilines is 1. The van der Waals surface area contributed by atoms with Gasteiger partial charge in [0.25, 0.3) is 5.91 Å². The minimum Gasteiger partial charge on any atom is -0.466 e. The third kappa shape index (κ3) is 11.9. The standard InChI is InChI=1S/C34H39N3O5/c1-3-4-5-6-7-8-20-41-32(38)19-21-42-34(40)29-15-17-31(18-16-29)37-33(39)30-14-10-13-28(23-30)25-36-35-24-27-12-9-11-26(2)22-27/h9-18,22-25H,3-8,19-21H2,1-2H3,(H,37,39)/b35-24+,36-25+. The number of hydrogen-bond donors (Lipinski definition) is 1. The fraction of sp³-hybridized carbons (Fsp3) is 0.324. The van der Waals surface area contributed by atoms with E-state index in [1.54, 1.807) is 54.9 Å². The normalized spacial score (nSPS) is 11.1. The summed E-state index contributed by atoms with van der Waals surface area (Å²) < 4.78 is 10.4. The van der Waals surface area contributed by atoms with Gasteiger partial charge in [0.2, 0.25) is 0 Å². The van der Waals surface area contributed by atoms with E-state index >= 15 is 0 Å². The molecule has 0 aliphatic rings. The van der Waals surface area contributed by atoms with Gasteiger partial charge in [-0.1, -0.05) is 81.0 Å². The van der Waals surface area contributed by atoms with E-state index in [2.05, 4.69) is 22.4 Å². The molecule has 220 valence electrons. The van der Waals surface area contributed by atoms with Gasteiger partial charge in [0.05, 0.1) is 31.0 Å². The number of aryl methyl sites for hydroxylation is 1. The summed E-state index contributed by atoms with van der Waals surface area (Å²) in [6.45, 7) is 4.53. The summed E-state index contributed by atoms with van der Waals surface area (Å²) in [6, 6.07) is 21.3. The molecule has 0 radical (unpaired) electrons. The van der Waals surface area contributed by atoms with Crippen molar-refractivity contribution in [2.45, 2.75) is 58.8 Å². The topological polar surface area (TPSA) is 106 Å². The summed E-state index contributed by atoms with van der Waals surface area (Å²) in [6.07, 6.45) is 9.96. The summed E-state index contributed by atoms with van der Waals surface area (Å²) in [5, 5.41) is 11.0. The van der Waals surface area contributed by atoms with E-state index in [0.717, 1.165) is 36.0 Å². The fourth-order valence-corrected chi connectivity index (χ4v) is 4.05. The van der Waals surface area contributed by atoms with Crippen LogP contribution in [0.1, 0.15) is 89.3 Å². The Morgan fingerprint density at radius 2 is 1.40 bits per heavy atom. The third-order valence-corrected chi connectivity index (χ3v) is 6.35. The maximum absolute atomic E-state index is 12.8. The lowest BCUT2D eigenvalue weighted by molar-refractivity contribution is -0.144. The molecule has 3 aromatic carbocycles. The highest BCUT2D eigenvalue weighted by Crippen LogP contribution is 2.14. The van der Waals surface area contributed by atoms with Crippen molar-refractivity contribution in [2.75, 3.05) is 18.5 Å². The Bertz CT molecular complexity index is 1370. The van der Waals surface area contributed by atoms with Crippen LogP contribution in [0.15, 0.2) is 83.0 Å². The number of nitrogens with zero attached hydrogens (tertiary/aromatic N) is 2. The number of amides is 1. The van der Waals surface area contributed by atoms with Gasteiger partial charge in [-0.05, 0) is 60.9 Å². The van der Waals surface area contributed by atoms with Gasteiger partial charge >= 0.3 is 11.9 Å². The lowest BCUT2D eigenvalue weighted by atomic mass is 10.1. The van der Waals surface area contributed by atoms with Gasteiger partial charge in [0.15, 0.2) is 0 Å². The predicted molar refractivity (Wildman–Crippen MR) is 166 cm³/mol. The SMILES string of the molecule is CCCCCCCCOC(=O)CCOC(=O)c1ccc(NC(=O)c2cccc(/C=N/N=C/c3cccc(C)c3)c2)cc1. The molecule has 0 saturated carbocycles. The van der Waals surface area contributed by atoms with Crippen LogP contribution in [0.4, 0.5) is 5.69 Å². The zero-order valence-corrected chi connectivity index (χ0v) is 24.4. The van der Waals surface area contributed by atoms with Gasteiger partial charge in [-0.15, -0.1) is 0 Å². The highest BCUT2D eigenvalue weighted by Gasteiger charge is 2.11. The molecule has 0 unspecified atom stereocenters. The van der Waals surface area contributed by atoms with Crippen LogP contribution in [-0.4, -0.2) is 43.5 Å². The van der Waals surface area contributed by atoms with E-state index in [-0.39, 0.29) is 24.9 Å². The Kier molecular flexibility index (Phi) is 13.7. The van der Waals surface area contributed by atoms with Crippen LogP contribution in [0.2, 0.25) is 0 Å². The molecule has 3 aromatic rings. The average Bonchev–Trinajstić information content (AvgIpc) is 2.99. The summed E-state index contributed by atoms with van der Waals surface area (Å²) in [7, 11) is 0. The number of carbonyl (C=O) groups excluding carboxylic acids is 3. The van der Waals surface area contributed by atoms with Crippen LogP contribution in [0.25, 0.3) is 0 Å². The van der Waals surface area contributed by atoms with Crippen molar-refractivity contribution in [3.05, 3.63) is 101 Å². The molecule has 3 rings (SSSR count). The third-order valence-electron chi connectivity index (χ3n) is 6.35. The molecule has 0 atom stereocenters. The summed E-state index contributed by atoms with van der Waals surface area (Å²) in [5.74, 6) is -1.23. The smallest absolute Gasteiger partial charge is 0.338 e. The quantitative estimate of drug-likeness (QED) is 0.0853. The zero-order valence-electron chi connectivity index (χ0n) is 24.4. The average molecular weight is 570 g/mol. The highest BCUT2D eigenvalue weighted by atomic mass is 16.5. The van der Waals surface area contributed by atoms with E-state index in [0.29, 0.717) is 23.4 Å². The largest absolute Gasteiger partial charge is 0.466 e. The van der Waals surface area contributed by atoms with Crippen molar-refractivity contribution in [3.63, 3.8) is 0 Å². The van der Waals surface area contributed by atoms with Crippen LogP contribution >= 0.6 is 0 Å². The van der Waals surface area contributed by atoms with E-state index in [9.17, 15) is 14.4 Å². The Balaban J connectivity index is 1.40. The molecule has 0 aliphatic heterocycles. The predicted octanol–water partition coefficient (Wildman–Crippen LogP) is 7.15. The monoisotopic (exact) mass is 569 g/mol. The molecule has 1 N–H and O–H groups in total. The molecule has 8 heteroatoms. The number of nitrogens with one attached hydrogen (secondary N) is 1. The summed E-state index contributed by atoms with van der Waals surface area (Å²) in [4.78, 5) is 36.9. The first kappa shape index (κ1) is 31.9. The Morgan fingerprint density at radius 3 is 2.12 bits per heavy atom. The van der Waals surface area contributed by atoms with E-state index in [1.807, 2.05) is 37.3 Å². The Morgan fingerprint density at radius 1 is 0.738 bits per heavy atom. The van der Waals surface area contributed by atoms with Gasteiger partial charge in [-0.3, -0.25) is 9.59 Å². The second-order valence-electron chi connectivity index (χ2n) is 9.93. The van der Waals surface area contributed by atoms with Gasteiger partial charge in [0.1, 0.15) is 6.61 Å². The first-order chi connectivity index (χ1) is 20.4. The molecule has 0 spiro atoms. The van der Waals surface area contributed by atoms with Crippen molar-refractivity contribution in [2.24, 2.45) is 10.2 Å². The second-order valence-corrected chi connectivity index (χ2v) is 9.93. The first-order valence-electron chi connectivity index (χ1n) is 14.4. The molecule has 0 aliphatic carbocycles. The molecule has 42 heavy (non-hydrogen) atoms. The van der Waals surface area contributed by atoms with Crippen LogP contribution in [-0.2, 0) is 14.3 Å². The van der Waals surface area contributed by atoms with Crippen LogP contribution in [0, 0.1) is 6.92 Å². The number of carbonyl (C=O) groups is 3. The molecule has 8 nitrogen and oxygen atoms in total. The number of ether oxygens (including phenoxy) is 2. The minimum atomic E-state index is -0.548. The van der Waals surface area contributed by atoms with Crippen molar-refractivity contribution in [1.29, 1.82) is 0 Å². The molecule has 0 bridgehead atoms. The molecule has 0 fully saturated rings. The van der Waals surface area contributed by atoms with Crippen LogP contribution in [0.3, 0.4) is 0 Å². The Hall–Kier alpha value is -4.59. The summed E-state index contributed by atoms with van der Waals surface area (Å²) in [5.41, 5.74) is 4.12. The highest BCUT2D eigenvalue weighted by molar-refractivity contribution is 6.05. The molecule has 0 aromatic heterocycles. The van der Waals surface area contributed by atoms with Crippen molar-refractivity contribution in [3.8, 4) is 0 Å². The fourth-order valence-electron chi connectivity index (χ4n) is 4.05. The maximum Gasteiger partial charge on any atom is 0.338 e. The maximum atomic E-state index is 12.8. The number of rotatable bonds is 16. The molecule has 0 saturated heterocycles. The van der Waals surface area contributed by atoms with Gasteiger partial charge < -0.3 is 14.8 Å². The van der Waals surface area contributed by atoms with Gasteiger partial charge in [0, 0.05) is 11.3 Å². The number of hydrogen-bond acceptors (Lipinski definition) is 7. The Labute approximate surface area is 247 Å². The van der Waals surface area contributed by atoms with Crippen molar-refractivity contribution < 1.29 is 23.9 Å². The van der Waals surface area contributed by atoms with Crippen molar-refractivity contribution in [1.82, 2.24) is 0 Å². The molecular formula is C34H39N3O5. The molecular weight excluding hydrogens is 530 g/mol. The first-order valence-corrected chi connectivity index (χ1v) is 14.4. The minimum absolute atomic E-state index is 0.0125. The number of benzene rings is 3. The summed E-state index contributed by atoms with van der Waals surface area (Å²) >= 11 is 0. The second kappa shape index (κ2) is 18.0. The lowest BCUT2D eigenvalue weighted by Crippen LogP contribution is -2.13. The van der Waals surface area contributed by atoms with Gasteiger partial charge in [-0.25, -0.2) is 4.79 Å². The van der Waals surface area contributed by atoms with E-state index < -0.39 is 5.97 Å². The molecule has 0 heterocycles. The van der Waals surface area contributed by atoms with Crippen LogP contribution < -0.4 is 5.32 Å². The molecule has 1 amide bonds. The van der Waals surface area contributed by atoms with Crippen LogP contribution in [0.5, 0.6) is 0 Å².